The topological polar surface area (TPSA) is 67.2 Å². The van der Waals surface area contributed by atoms with E-state index in [1.807, 2.05) is 26.8 Å². The largest absolute Gasteiger partial charge is 0.457 e. The van der Waals surface area contributed by atoms with Gasteiger partial charge in [0.15, 0.2) is 5.78 Å². The molecule has 2 fully saturated rings. The molecule has 4 nitrogen and oxygen atoms in total. The van der Waals surface area contributed by atoms with Crippen LogP contribution in [0.1, 0.15) is 34.1 Å². The summed E-state index contributed by atoms with van der Waals surface area (Å²) in [4.78, 5) is 24.4. The summed E-state index contributed by atoms with van der Waals surface area (Å²) in [7, 11) is 0. The van der Waals surface area contributed by atoms with E-state index >= 15 is 0 Å². The standard InChI is InChI=1S/C20H23NO3/c1-6-8-13(11-21)9-15-18(20(15,4)5)19(23)24-17-10-16(22)14(7-2)12(17)3/h6-9,15,17-18H,3,10H2,1-2,4-5H3/b8-6?,13-9?,14-7-. The number of ether oxygens (including phenoxy) is 1. The van der Waals surface area contributed by atoms with Crippen LogP contribution >= 0.6 is 0 Å². The summed E-state index contributed by atoms with van der Waals surface area (Å²) in [6, 6.07) is 2.13. The summed E-state index contributed by atoms with van der Waals surface area (Å²) < 4.78 is 5.56. The van der Waals surface area contributed by atoms with Crippen LogP contribution in [0.15, 0.2) is 47.6 Å². The number of rotatable bonds is 4. The SMILES string of the molecule is C=C1/C(=C/C)C(=O)CC1OC(=O)C1C(C=C(C#N)C=CC)C1(C)C. The molecule has 0 saturated heterocycles. The lowest BCUT2D eigenvalue weighted by Gasteiger charge is -2.13. The van der Waals surface area contributed by atoms with Crippen LogP contribution in [0.3, 0.4) is 0 Å². The Hall–Kier alpha value is -2.41. The first-order valence-corrected chi connectivity index (χ1v) is 8.11. The summed E-state index contributed by atoms with van der Waals surface area (Å²) >= 11 is 0. The van der Waals surface area contributed by atoms with Gasteiger partial charge in [-0.1, -0.05) is 38.7 Å². The highest BCUT2D eigenvalue weighted by Gasteiger charge is 2.62. The smallest absolute Gasteiger partial charge is 0.310 e. The molecule has 2 aliphatic carbocycles. The van der Waals surface area contributed by atoms with Gasteiger partial charge in [0, 0.05) is 11.1 Å². The molecule has 0 spiro atoms. The van der Waals surface area contributed by atoms with Crippen LogP contribution in [0.5, 0.6) is 0 Å². The zero-order valence-corrected chi connectivity index (χ0v) is 14.6. The molecule has 0 aromatic heterocycles. The van der Waals surface area contributed by atoms with Gasteiger partial charge < -0.3 is 4.74 Å². The average Bonchev–Trinajstić information content (AvgIpc) is 2.95. The molecule has 3 unspecified atom stereocenters. The molecule has 2 aliphatic rings. The van der Waals surface area contributed by atoms with Gasteiger partial charge in [0.1, 0.15) is 6.10 Å². The molecule has 0 aromatic rings. The van der Waals surface area contributed by atoms with Crippen molar-refractivity contribution in [1.29, 1.82) is 5.26 Å². The quantitative estimate of drug-likeness (QED) is 0.342. The molecular formula is C20H23NO3. The summed E-state index contributed by atoms with van der Waals surface area (Å²) in [6.07, 6.45) is 6.67. The second kappa shape index (κ2) is 6.60. The normalized spacial score (nSPS) is 30.7. The maximum absolute atomic E-state index is 12.5. The van der Waals surface area contributed by atoms with Crippen LogP contribution in [0, 0.1) is 28.6 Å². The van der Waals surface area contributed by atoms with Gasteiger partial charge in [-0.15, -0.1) is 0 Å². The first-order valence-electron chi connectivity index (χ1n) is 8.11. The van der Waals surface area contributed by atoms with Gasteiger partial charge in [-0.3, -0.25) is 9.59 Å². The first-order chi connectivity index (χ1) is 11.3. The fourth-order valence-corrected chi connectivity index (χ4v) is 3.37. The van der Waals surface area contributed by atoms with Gasteiger partial charge in [-0.2, -0.15) is 5.26 Å². The van der Waals surface area contributed by atoms with Gasteiger partial charge in [0.05, 0.1) is 18.4 Å². The summed E-state index contributed by atoms with van der Waals surface area (Å²) in [5, 5.41) is 9.14. The Labute approximate surface area is 143 Å². The number of carbonyl (C=O) groups excluding carboxylic acids is 2. The van der Waals surface area contributed by atoms with Crippen LogP contribution in [-0.2, 0) is 14.3 Å². The molecule has 2 saturated carbocycles. The van der Waals surface area contributed by atoms with Crippen LogP contribution in [0.25, 0.3) is 0 Å². The summed E-state index contributed by atoms with van der Waals surface area (Å²) in [5.74, 6) is -0.701. The Morgan fingerprint density at radius 2 is 2.08 bits per heavy atom. The molecule has 24 heavy (non-hydrogen) atoms. The lowest BCUT2D eigenvalue weighted by molar-refractivity contribution is -0.149. The molecule has 0 heterocycles. The maximum atomic E-state index is 12.5. The van der Waals surface area contributed by atoms with E-state index in [9.17, 15) is 9.59 Å². The monoisotopic (exact) mass is 325 g/mol. The average molecular weight is 325 g/mol. The zero-order valence-electron chi connectivity index (χ0n) is 14.6. The molecule has 0 aromatic carbocycles. The van der Waals surface area contributed by atoms with Crippen LogP contribution < -0.4 is 0 Å². The number of carbonyl (C=O) groups is 2. The Bertz CT molecular complexity index is 716. The van der Waals surface area contributed by atoms with Crippen LogP contribution in [0.2, 0.25) is 0 Å². The first kappa shape index (κ1) is 17.9. The van der Waals surface area contributed by atoms with E-state index in [2.05, 4.69) is 12.6 Å². The molecular weight excluding hydrogens is 302 g/mol. The van der Waals surface area contributed by atoms with E-state index < -0.39 is 6.10 Å². The zero-order chi connectivity index (χ0) is 18.1. The second-order valence-electron chi connectivity index (χ2n) is 6.84. The molecule has 3 atom stereocenters. The molecule has 126 valence electrons. The van der Waals surface area contributed by atoms with Crippen molar-refractivity contribution in [1.82, 2.24) is 0 Å². The van der Waals surface area contributed by atoms with Crippen molar-refractivity contribution in [2.45, 2.75) is 40.2 Å². The van der Waals surface area contributed by atoms with E-state index in [0.717, 1.165) is 0 Å². The van der Waals surface area contributed by atoms with Gasteiger partial charge >= 0.3 is 5.97 Å². The minimum atomic E-state index is -0.566. The van der Waals surface area contributed by atoms with Crippen molar-refractivity contribution in [3.63, 3.8) is 0 Å². The highest BCUT2D eigenvalue weighted by atomic mass is 16.5. The van der Waals surface area contributed by atoms with Crippen molar-refractivity contribution < 1.29 is 14.3 Å². The lowest BCUT2D eigenvalue weighted by atomic mass is 10.1. The van der Waals surface area contributed by atoms with Crippen molar-refractivity contribution >= 4 is 11.8 Å². The van der Waals surface area contributed by atoms with Crippen molar-refractivity contribution in [3.8, 4) is 6.07 Å². The number of hydrogen-bond donors (Lipinski definition) is 0. The molecule has 0 bridgehead atoms. The highest BCUT2D eigenvalue weighted by Crippen LogP contribution is 2.60. The Balaban J connectivity index is 2.10. The summed E-state index contributed by atoms with van der Waals surface area (Å²) in [5.41, 5.74) is 1.42. The Morgan fingerprint density at radius 3 is 2.58 bits per heavy atom. The van der Waals surface area contributed by atoms with Crippen molar-refractivity contribution in [3.05, 3.63) is 47.6 Å². The third kappa shape index (κ3) is 3.12. The van der Waals surface area contributed by atoms with Crippen molar-refractivity contribution in [2.24, 2.45) is 17.3 Å². The molecule has 0 radical (unpaired) electrons. The molecule has 4 heteroatoms. The van der Waals surface area contributed by atoms with Crippen LogP contribution in [0.4, 0.5) is 0 Å². The summed E-state index contributed by atoms with van der Waals surface area (Å²) in [6.45, 7) is 11.5. The molecule has 0 N–H and O–H groups in total. The minimum absolute atomic E-state index is 0.0355. The second-order valence-corrected chi connectivity index (χ2v) is 6.84. The number of hydrogen-bond acceptors (Lipinski definition) is 4. The highest BCUT2D eigenvalue weighted by molar-refractivity contribution is 6.04. The van der Waals surface area contributed by atoms with E-state index in [-0.39, 0.29) is 35.4 Å². The predicted molar refractivity (Wildman–Crippen MR) is 91.7 cm³/mol. The number of allylic oxidation sites excluding steroid dienone is 5. The van der Waals surface area contributed by atoms with Gasteiger partial charge in [0.2, 0.25) is 0 Å². The molecule has 2 rings (SSSR count). The lowest BCUT2D eigenvalue weighted by Crippen LogP contribution is -2.19. The van der Waals surface area contributed by atoms with E-state index in [1.165, 1.54) is 0 Å². The number of nitriles is 1. The molecule has 0 amide bonds. The number of ketones is 1. The third-order valence-electron chi connectivity index (χ3n) is 4.95. The van der Waals surface area contributed by atoms with E-state index in [0.29, 0.717) is 16.7 Å². The fraction of sp³-hybridized carbons (Fsp3) is 0.450. The van der Waals surface area contributed by atoms with E-state index in [4.69, 9.17) is 10.00 Å². The van der Waals surface area contributed by atoms with Crippen LogP contribution in [-0.4, -0.2) is 17.9 Å². The van der Waals surface area contributed by atoms with Gasteiger partial charge in [0.25, 0.3) is 0 Å². The predicted octanol–water partition coefficient (Wildman–Crippen LogP) is 3.67. The van der Waals surface area contributed by atoms with E-state index in [1.54, 1.807) is 25.2 Å². The van der Waals surface area contributed by atoms with Gasteiger partial charge in [-0.25, -0.2) is 0 Å². The number of nitrogens with zero attached hydrogens (tertiary/aromatic N) is 1. The van der Waals surface area contributed by atoms with Gasteiger partial charge in [-0.05, 0) is 36.8 Å². The number of Topliss-reactive ketones (excluding diaryl/α,β-unsaturated/α-hetero) is 1. The van der Waals surface area contributed by atoms with Crippen molar-refractivity contribution in [2.75, 3.05) is 0 Å². The fourth-order valence-electron chi connectivity index (χ4n) is 3.37. The Kier molecular flexibility index (Phi) is 4.94. The third-order valence-corrected chi connectivity index (χ3v) is 4.95. The Morgan fingerprint density at radius 1 is 1.42 bits per heavy atom. The molecule has 0 aliphatic heterocycles. The maximum Gasteiger partial charge on any atom is 0.310 e. The number of esters is 1. The minimum Gasteiger partial charge on any atom is -0.457 e.